The van der Waals surface area contributed by atoms with Gasteiger partial charge in [0.15, 0.2) is 0 Å². The van der Waals surface area contributed by atoms with Crippen LogP contribution in [0.25, 0.3) is 10.9 Å². The lowest BCUT2D eigenvalue weighted by atomic mass is 10.1. The normalized spacial score (nSPS) is 10.4. The highest BCUT2D eigenvalue weighted by molar-refractivity contribution is 9.10. The number of rotatable bonds is 2. The Labute approximate surface area is 112 Å². The van der Waals surface area contributed by atoms with Gasteiger partial charge in [0.1, 0.15) is 11.3 Å². The average Bonchev–Trinajstić information content (AvgIpc) is 2.41. The summed E-state index contributed by atoms with van der Waals surface area (Å²) in [6, 6.07) is 3.29. The molecule has 0 radical (unpaired) electrons. The average molecular weight is 311 g/mol. The van der Waals surface area contributed by atoms with Crippen LogP contribution in [0.3, 0.4) is 0 Å². The number of carbonyl (C=O) groups excluding carboxylic acids is 1. The van der Waals surface area contributed by atoms with Crippen LogP contribution in [0.4, 0.5) is 0 Å². The second kappa shape index (κ2) is 4.89. The Hall–Kier alpha value is -1.69. The molecule has 0 fully saturated rings. The molecule has 1 aromatic heterocycles. The fourth-order valence-electron chi connectivity index (χ4n) is 1.63. The third-order valence-electron chi connectivity index (χ3n) is 2.57. The van der Waals surface area contributed by atoms with Crippen molar-refractivity contribution in [1.29, 1.82) is 0 Å². The lowest BCUT2D eigenvalue weighted by Gasteiger charge is -2.09. The smallest absolute Gasteiger partial charge is 0.338 e. The van der Waals surface area contributed by atoms with Crippen molar-refractivity contribution in [1.82, 2.24) is 10.2 Å². The van der Waals surface area contributed by atoms with Crippen LogP contribution >= 0.6 is 15.9 Å². The van der Waals surface area contributed by atoms with Gasteiger partial charge in [-0.3, -0.25) is 0 Å². The number of ether oxygens (including phenoxy) is 2. The van der Waals surface area contributed by atoms with E-state index in [0.29, 0.717) is 16.8 Å². The van der Waals surface area contributed by atoms with Crippen LogP contribution < -0.4 is 4.74 Å². The van der Waals surface area contributed by atoms with Crippen LogP contribution in [0.5, 0.6) is 5.75 Å². The molecular weight excluding hydrogens is 300 g/mol. The van der Waals surface area contributed by atoms with Gasteiger partial charge in [0.2, 0.25) is 0 Å². The van der Waals surface area contributed by atoms with Gasteiger partial charge in [-0.25, -0.2) is 4.79 Å². The van der Waals surface area contributed by atoms with E-state index in [-0.39, 0.29) is 0 Å². The zero-order valence-corrected chi connectivity index (χ0v) is 11.7. The lowest BCUT2D eigenvalue weighted by molar-refractivity contribution is 0.0600. The maximum absolute atomic E-state index is 11.6. The Morgan fingerprint density at radius 2 is 2.00 bits per heavy atom. The molecule has 6 heteroatoms. The molecule has 5 nitrogen and oxygen atoms in total. The van der Waals surface area contributed by atoms with Gasteiger partial charge in [-0.15, -0.1) is 5.10 Å². The van der Waals surface area contributed by atoms with Crippen LogP contribution in [0, 0.1) is 6.92 Å². The van der Waals surface area contributed by atoms with E-state index in [9.17, 15) is 4.79 Å². The number of methoxy groups -OCH3 is 2. The quantitative estimate of drug-likeness (QED) is 0.798. The Bertz CT molecular complexity index is 628. The number of halogens is 1. The second-order valence-electron chi connectivity index (χ2n) is 3.67. The molecular formula is C12H11BrN2O3. The van der Waals surface area contributed by atoms with E-state index in [1.54, 1.807) is 12.1 Å². The highest BCUT2D eigenvalue weighted by Crippen LogP contribution is 2.31. The van der Waals surface area contributed by atoms with E-state index in [4.69, 9.17) is 9.47 Å². The summed E-state index contributed by atoms with van der Waals surface area (Å²) in [4.78, 5) is 11.6. The van der Waals surface area contributed by atoms with E-state index < -0.39 is 5.97 Å². The molecule has 0 aliphatic carbocycles. The van der Waals surface area contributed by atoms with Gasteiger partial charge in [-0.1, -0.05) is 0 Å². The molecule has 0 aliphatic rings. The molecule has 0 saturated heterocycles. The highest BCUT2D eigenvalue weighted by Gasteiger charge is 2.15. The summed E-state index contributed by atoms with van der Waals surface area (Å²) in [7, 11) is 2.86. The molecule has 0 spiro atoms. The highest BCUT2D eigenvalue weighted by atomic mass is 79.9. The van der Waals surface area contributed by atoms with Gasteiger partial charge in [-0.05, 0) is 35.0 Å². The van der Waals surface area contributed by atoms with Crippen LogP contribution in [0.2, 0.25) is 0 Å². The van der Waals surface area contributed by atoms with Crippen LogP contribution in [-0.4, -0.2) is 30.4 Å². The van der Waals surface area contributed by atoms with Crippen LogP contribution in [-0.2, 0) is 4.74 Å². The zero-order chi connectivity index (χ0) is 13.3. The summed E-state index contributed by atoms with van der Waals surface area (Å²) in [5.74, 6) is 0.0673. The molecule has 0 bridgehead atoms. The predicted octanol–water partition coefficient (Wildman–Crippen LogP) is 2.50. The number of benzene rings is 1. The van der Waals surface area contributed by atoms with Gasteiger partial charge < -0.3 is 9.47 Å². The van der Waals surface area contributed by atoms with Crippen LogP contribution in [0.15, 0.2) is 16.6 Å². The third kappa shape index (κ3) is 2.03. The lowest BCUT2D eigenvalue weighted by Crippen LogP contribution is -2.03. The summed E-state index contributed by atoms with van der Waals surface area (Å²) in [5.41, 5.74) is 1.75. The minimum Gasteiger partial charge on any atom is -0.494 e. The van der Waals surface area contributed by atoms with E-state index >= 15 is 0 Å². The van der Waals surface area contributed by atoms with Crippen molar-refractivity contribution in [2.75, 3.05) is 14.2 Å². The van der Waals surface area contributed by atoms with Gasteiger partial charge in [0.05, 0.1) is 29.9 Å². The van der Waals surface area contributed by atoms with Gasteiger partial charge in [0.25, 0.3) is 0 Å². The Morgan fingerprint density at radius 3 is 2.61 bits per heavy atom. The molecule has 0 amide bonds. The van der Waals surface area contributed by atoms with Gasteiger partial charge >= 0.3 is 5.97 Å². The van der Waals surface area contributed by atoms with Crippen molar-refractivity contribution < 1.29 is 14.3 Å². The SMILES string of the molecule is COC(=O)c1cc(OC)c2nnc(C)c(Br)c2c1. The van der Waals surface area contributed by atoms with Crippen molar-refractivity contribution in [2.45, 2.75) is 6.92 Å². The van der Waals surface area contributed by atoms with Gasteiger partial charge in [0, 0.05) is 5.39 Å². The molecule has 0 saturated carbocycles. The number of nitrogens with zero attached hydrogens (tertiary/aromatic N) is 2. The largest absolute Gasteiger partial charge is 0.494 e. The van der Waals surface area contributed by atoms with E-state index in [1.807, 2.05) is 6.92 Å². The van der Waals surface area contributed by atoms with Crippen molar-refractivity contribution in [3.63, 3.8) is 0 Å². The number of aryl methyl sites for hydroxylation is 1. The Morgan fingerprint density at radius 1 is 1.28 bits per heavy atom. The maximum Gasteiger partial charge on any atom is 0.338 e. The minimum atomic E-state index is -0.420. The monoisotopic (exact) mass is 310 g/mol. The molecule has 0 aliphatic heterocycles. The Kier molecular flexibility index (Phi) is 3.47. The number of esters is 1. The van der Waals surface area contributed by atoms with E-state index in [2.05, 4.69) is 26.1 Å². The summed E-state index contributed by atoms with van der Waals surface area (Å²) < 4.78 is 10.7. The molecule has 2 aromatic rings. The Balaban J connectivity index is 2.80. The maximum atomic E-state index is 11.6. The number of aromatic nitrogens is 2. The fourth-order valence-corrected chi connectivity index (χ4v) is 2.01. The summed E-state index contributed by atoms with van der Waals surface area (Å²) in [6.45, 7) is 1.83. The molecule has 0 atom stereocenters. The molecule has 0 unspecified atom stereocenters. The topological polar surface area (TPSA) is 61.3 Å². The first-order valence-electron chi connectivity index (χ1n) is 5.17. The molecule has 1 heterocycles. The molecule has 0 N–H and O–H groups in total. The minimum absolute atomic E-state index is 0.412. The van der Waals surface area contributed by atoms with Gasteiger partial charge in [-0.2, -0.15) is 5.10 Å². The summed E-state index contributed by atoms with van der Waals surface area (Å²) in [5, 5.41) is 8.86. The summed E-state index contributed by atoms with van der Waals surface area (Å²) >= 11 is 3.44. The summed E-state index contributed by atoms with van der Waals surface area (Å²) in [6.07, 6.45) is 0. The molecule has 94 valence electrons. The standard InChI is InChI=1S/C12H11BrN2O3/c1-6-10(13)8-4-7(12(16)18-3)5-9(17-2)11(8)15-14-6/h4-5H,1-3H3. The number of hydrogen-bond acceptors (Lipinski definition) is 5. The van der Waals surface area contributed by atoms with Crippen molar-refractivity contribution in [2.24, 2.45) is 0 Å². The first kappa shape index (κ1) is 12.8. The van der Waals surface area contributed by atoms with Crippen molar-refractivity contribution in [3.05, 3.63) is 27.9 Å². The van der Waals surface area contributed by atoms with Crippen LogP contribution in [0.1, 0.15) is 16.1 Å². The molecule has 18 heavy (non-hydrogen) atoms. The second-order valence-corrected chi connectivity index (χ2v) is 4.46. The number of fused-ring (bicyclic) bond motifs is 1. The van der Waals surface area contributed by atoms with E-state index in [0.717, 1.165) is 15.6 Å². The fraction of sp³-hybridized carbons (Fsp3) is 0.250. The zero-order valence-electron chi connectivity index (χ0n) is 10.2. The number of hydrogen-bond donors (Lipinski definition) is 0. The third-order valence-corrected chi connectivity index (χ3v) is 3.57. The van der Waals surface area contributed by atoms with E-state index in [1.165, 1.54) is 14.2 Å². The first-order chi connectivity index (χ1) is 8.58. The number of carbonyl (C=O) groups is 1. The molecule has 2 rings (SSSR count). The first-order valence-corrected chi connectivity index (χ1v) is 5.96. The molecule has 1 aromatic carbocycles. The predicted molar refractivity (Wildman–Crippen MR) is 69.9 cm³/mol. The van der Waals surface area contributed by atoms with Crippen molar-refractivity contribution in [3.8, 4) is 5.75 Å². The van der Waals surface area contributed by atoms with Crippen molar-refractivity contribution >= 4 is 32.8 Å².